The van der Waals surface area contributed by atoms with Gasteiger partial charge >= 0.3 is 5.97 Å². The van der Waals surface area contributed by atoms with Crippen molar-refractivity contribution < 1.29 is 23.8 Å². The largest absolute Gasteiger partial charge is 0.478 e. The van der Waals surface area contributed by atoms with Crippen LogP contribution in [0.1, 0.15) is 12.8 Å². The van der Waals surface area contributed by atoms with E-state index in [1.54, 1.807) is 23.9 Å². The quantitative estimate of drug-likeness (QED) is 0.882. The number of aliphatic carboxylic acids is 1. The van der Waals surface area contributed by atoms with Gasteiger partial charge in [-0.2, -0.15) is 0 Å². The van der Waals surface area contributed by atoms with Gasteiger partial charge in [-0.3, -0.25) is 4.79 Å². The van der Waals surface area contributed by atoms with Crippen molar-refractivity contribution in [3.05, 3.63) is 30.1 Å². The number of hydrogen-bond acceptors (Lipinski definition) is 4. The second kappa shape index (κ2) is 6.95. The van der Waals surface area contributed by atoms with E-state index in [9.17, 15) is 19.1 Å². The molecule has 1 fully saturated rings. The summed E-state index contributed by atoms with van der Waals surface area (Å²) in [4.78, 5) is 27.2. The summed E-state index contributed by atoms with van der Waals surface area (Å²) in [5.74, 6) is -1.20. The molecule has 0 atom stereocenters. The monoisotopic (exact) mass is 324 g/mol. The lowest BCUT2D eigenvalue weighted by molar-refractivity contribution is -0.161. The first-order chi connectivity index (χ1) is 10.8. The second-order valence-electron chi connectivity index (χ2n) is 5.97. The zero-order chi connectivity index (χ0) is 17.0. The van der Waals surface area contributed by atoms with Crippen LogP contribution in [0.2, 0.25) is 0 Å². The van der Waals surface area contributed by atoms with E-state index >= 15 is 0 Å². The molecule has 0 aromatic heterocycles. The average Bonchev–Trinajstić information content (AvgIpc) is 2.49. The molecule has 1 aromatic carbocycles. The van der Waals surface area contributed by atoms with Crippen LogP contribution in [-0.4, -0.2) is 66.1 Å². The van der Waals surface area contributed by atoms with Gasteiger partial charge in [0, 0.05) is 25.9 Å². The number of amides is 1. The minimum atomic E-state index is -1.38. The number of likely N-dealkylation sites (tertiary alicyclic amines) is 1. The lowest BCUT2D eigenvalue weighted by atomic mass is 9.91. The topological polar surface area (TPSA) is 70.1 Å². The summed E-state index contributed by atoms with van der Waals surface area (Å²) in [5.41, 5.74) is -1.38. The minimum absolute atomic E-state index is 0.0317. The number of piperidine rings is 1. The Morgan fingerprint density at radius 2 is 1.83 bits per heavy atom. The molecule has 0 spiro atoms. The fourth-order valence-electron chi connectivity index (χ4n) is 2.58. The van der Waals surface area contributed by atoms with Crippen LogP contribution < -0.4 is 4.74 Å². The van der Waals surface area contributed by atoms with Crippen molar-refractivity contribution in [3.8, 4) is 5.75 Å². The third-order valence-electron chi connectivity index (χ3n) is 3.89. The summed E-state index contributed by atoms with van der Waals surface area (Å²) in [6.45, 7) is 0.930. The molecule has 1 aliphatic rings. The Morgan fingerprint density at radius 1 is 1.26 bits per heavy atom. The molecule has 0 aliphatic carbocycles. The lowest BCUT2D eigenvalue weighted by Gasteiger charge is -2.39. The number of carbonyl (C=O) groups is 2. The molecular weight excluding hydrogens is 303 g/mol. The highest BCUT2D eigenvalue weighted by Crippen LogP contribution is 2.29. The molecule has 1 heterocycles. The molecular formula is C16H21FN2O4. The first-order valence-electron chi connectivity index (χ1n) is 7.43. The molecule has 126 valence electrons. The third-order valence-corrected chi connectivity index (χ3v) is 3.89. The number of carbonyl (C=O) groups excluding carboxylic acids is 1. The maximum Gasteiger partial charge on any atom is 0.348 e. The molecule has 7 heteroatoms. The summed E-state index contributed by atoms with van der Waals surface area (Å²) in [7, 11) is 3.61. The fraction of sp³-hybridized carbons (Fsp3) is 0.500. The molecule has 0 radical (unpaired) electrons. The molecule has 23 heavy (non-hydrogen) atoms. The molecule has 0 bridgehead atoms. The van der Waals surface area contributed by atoms with Gasteiger partial charge < -0.3 is 19.6 Å². The molecule has 1 saturated heterocycles. The van der Waals surface area contributed by atoms with Gasteiger partial charge in [0.1, 0.15) is 11.6 Å². The number of likely N-dealkylation sites (N-methyl/N-ethyl adjacent to an activating group) is 1. The van der Waals surface area contributed by atoms with Gasteiger partial charge in [0.2, 0.25) is 11.5 Å². The van der Waals surface area contributed by atoms with Crippen LogP contribution in [0.4, 0.5) is 4.39 Å². The molecule has 6 nitrogen and oxygen atoms in total. The number of benzene rings is 1. The van der Waals surface area contributed by atoms with Gasteiger partial charge in [0.25, 0.3) is 0 Å². The minimum Gasteiger partial charge on any atom is -0.478 e. The first-order valence-corrected chi connectivity index (χ1v) is 7.43. The number of carboxylic acids is 1. The zero-order valence-corrected chi connectivity index (χ0v) is 13.3. The highest BCUT2D eigenvalue weighted by molar-refractivity contribution is 5.81. The van der Waals surface area contributed by atoms with Crippen molar-refractivity contribution >= 4 is 11.9 Å². The number of hydrogen-bond donors (Lipinski definition) is 1. The lowest BCUT2D eigenvalue weighted by Crippen LogP contribution is -2.55. The van der Waals surface area contributed by atoms with Crippen LogP contribution in [0.25, 0.3) is 0 Å². The van der Waals surface area contributed by atoms with E-state index in [1.807, 2.05) is 0 Å². The normalized spacial score (nSPS) is 17.1. The smallest absolute Gasteiger partial charge is 0.348 e. The van der Waals surface area contributed by atoms with Gasteiger partial charge in [0.15, 0.2) is 0 Å². The number of halogens is 1. The van der Waals surface area contributed by atoms with Crippen molar-refractivity contribution in [2.24, 2.45) is 0 Å². The molecule has 1 N–H and O–H groups in total. The summed E-state index contributed by atoms with van der Waals surface area (Å²) in [5, 5.41) is 9.56. The standard InChI is InChI=1S/C16H21FN2O4/c1-18(2)11-14(20)19-9-7-16(8-10-19,15(21)22)23-13-5-3-12(17)4-6-13/h3-6H,7-11H2,1-2H3,(H,21,22). The average molecular weight is 324 g/mol. The van der Waals surface area contributed by atoms with E-state index in [0.29, 0.717) is 25.4 Å². The Kier molecular flexibility index (Phi) is 5.20. The van der Waals surface area contributed by atoms with Crippen molar-refractivity contribution in [2.75, 3.05) is 33.7 Å². The summed E-state index contributed by atoms with van der Waals surface area (Å²) < 4.78 is 18.6. The molecule has 1 aromatic rings. The van der Waals surface area contributed by atoms with Crippen LogP contribution in [0.15, 0.2) is 24.3 Å². The Bertz CT molecular complexity index is 566. The Morgan fingerprint density at radius 3 is 2.30 bits per heavy atom. The van der Waals surface area contributed by atoms with E-state index in [0.717, 1.165) is 0 Å². The number of rotatable bonds is 5. The van der Waals surface area contributed by atoms with Crippen LogP contribution in [-0.2, 0) is 9.59 Å². The SMILES string of the molecule is CN(C)CC(=O)N1CCC(Oc2ccc(F)cc2)(C(=O)O)CC1. The van der Waals surface area contributed by atoms with Gasteiger partial charge in [-0.25, -0.2) is 9.18 Å². The number of carboxylic acid groups (broad SMARTS) is 1. The molecule has 1 aliphatic heterocycles. The van der Waals surface area contributed by atoms with E-state index in [4.69, 9.17) is 4.74 Å². The molecule has 0 unspecified atom stereocenters. The van der Waals surface area contributed by atoms with Gasteiger partial charge in [-0.1, -0.05) is 0 Å². The first kappa shape index (κ1) is 17.2. The molecule has 0 saturated carbocycles. The third kappa shape index (κ3) is 4.19. The van der Waals surface area contributed by atoms with E-state index in [1.165, 1.54) is 24.3 Å². The van der Waals surface area contributed by atoms with Gasteiger partial charge in [-0.15, -0.1) is 0 Å². The van der Waals surface area contributed by atoms with E-state index in [2.05, 4.69) is 0 Å². The van der Waals surface area contributed by atoms with Crippen LogP contribution in [0, 0.1) is 5.82 Å². The Balaban J connectivity index is 2.05. The predicted octanol–water partition coefficient (Wildman–Crippen LogP) is 1.21. The van der Waals surface area contributed by atoms with Crippen molar-refractivity contribution in [3.63, 3.8) is 0 Å². The van der Waals surface area contributed by atoms with Crippen molar-refractivity contribution in [1.29, 1.82) is 0 Å². The zero-order valence-electron chi connectivity index (χ0n) is 13.3. The number of nitrogens with zero attached hydrogens (tertiary/aromatic N) is 2. The number of ether oxygens (including phenoxy) is 1. The highest BCUT2D eigenvalue weighted by Gasteiger charge is 2.44. The van der Waals surface area contributed by atoms with Gasteiger partial charge in [-0.05, 0) is 38.4 Å². The van der Waals surface area contributed by atoms with Crippen molar-refractivity contribution in [2.45, 2.75) is 18.4 Å². The van der Waals surface area contributed by atoms with E-state index in [-0.39, 0.29) is 18.7 Å². The molecule has 1 amide bonds. The van der Waals surface area contributed by atoms with Crippen molar-refractivity contribution in [1.82, 2.24) is 9.80 Å². The highest BCUT2D eigenvalue weighted by atomic mass is 19.1. The maximum absolute atomic E-state index is 12.9. The van der Waals surface area contributed by atoms with E-state index < -0.39 is 17.4 Å². The Hall–Kier alpha value is -2.15. The molecule has 2 rings (SSSR count). The van der Waals surface area contributed by atoms with Gasteiger partial charge in [0.05, 0.1) is 6.54 Å². The van der Waals surface area contributed by atoms with Crippen LogP contribution in [0.3, 0.4) is 0 Å². The van der Waals surface area contributed by atoms with Crippen LogP contribution in [0.5, 0.6) is 5.75 Å². The fourth-order valence-corrected chi connectivity index (χ4v) is 2.58. The summed E-state index contributed by atoms with van der Waals surface area (Å²) >= 11 is 0. The summed E-state index contributed by atoms with van der Waals surface area (Å²) in [6.07, 6.45) is 0.387. The second-order valence-corrected chi connectivity index (χ2v) is 5.97. The Labute approximate surface area is 134 Å². The predicted molar refractivity (Wildman–Crippen MR) is 81.8 cm³/mol. The van der Waals surface area contributed by atoms with Crippen LogP contribution >= 0.6 is 0 Å². The summed E-state index contributed by atoms with van der Waals surface area (Å²) in [6, 6.07) is 5.26. The maximum atomic E-state index is 12.9.